The highest BCUT2D eigenvalue weighted by Crippen LogP contribution is 2.33. The van der Waals surface area contributed by atoms with Crippen LogP contribution < -0.4 is 19.7 Å². The van der Waals surface area contributed by atoms with Crippen LogP contribution in [0.4, 0.5) is 5.82 Å². The van der Waals surface area contributed by atoms with Gasteiger partial charge in [-0.3, -0.25) is 4.55 Å². The Hall–Kier alpha value is -4.46. The van der Waals surface area contributed by atoms with Gasteiger partial charge < -0.3 is 29.0 Å². The molecule has 11 nitrogen and oxygen atoms in total. The molecule has 1 saturated heterocycles. The first kappa shape index (κ1) is 28.6. The standard InChI is InChI=1S/C23H21N5O3S.C7H8O3S/c32-23(24-12-15-5-6-18-19(11-15)30-14-29-18)28-9-7-27(8-10-28)22-21-20(25-13-26-22)16-3-1-2-4-17(16)31-21;1-6-4-2-3-5-7(6)11(8,9)10/h1-6,11,13H,7-10,12,14H2,(H,24,32);2-5H,1H3,(H,8,9,10). The number of aryl methyl sites for hydroxylation is 1. The van der Waals surface area contributed by atoms with E-state index in [0.29, 0.717) is 12.1 Å². The average Bonchev–Trinajstić information content (AvgIpc) is 3.64. The Labute approximate surface area is 253 Å². The Bertz CT molecular complexity index is 1900. The maximum atomic E-state index is 10.6. The lowest BCUT2D eigenvalue weighted by molar-refractivity contribution is 0.174. The number of ether oxygens (including phenoxy) is 2. The fraction of sp³-hybridized carbons (Fsp3) is 0.233. The lowest BCUT2D eigenvalue weighted by Crippen LogP contribution is -2.51. The molecular weight excluding hydrogens is 590 g/mol. The van der Waals surface area contributed by atoms with Crippen LogP contribution in [0.2, 0.25) is 0 Å². The van der Waals surface area contributed by atoms with Gasteiger partial charge in [-0.15, -0.1) is 0 Å². The number of hydrogen-bond donors (Lipinski definition) is 2. The molecule has 1 fully saturated rings. The van der Waals surface area contributed by atoms with Crippen LogP contribution in [0.15, 0.2) is 82.4 Å². The molecule has 3 aromatic carbocycles. The lowest BCUT2D eigenvalue weighted by Gasteiger charge is -2.36. The zero-order valence-electron chi connectivity index (χ0n) is 23.3. The number of nitrogens with one attached hydrogen (secondary N) is 1. The van der Waals surface area contributed by atoms with Crippen LogP contribution in [0.1, 0.15) is 11.1 Å². The van der Waals surface area contributed by atoms with Crippen molar-refractivity contribution in [3.63, 3.8) is 0 Å². The first-order valence-corrected chi connectivity index (χ1v) is 15.4. The number of benzene rings is 3. The Morgan fingerprint density at radius 1 is 0.977 bits per heavy atom. The molecule has 13 heteroatoms. The highest BCUT2D eigenvalue weighted by Gasteiger charge is 2.24. The number of rotatable bonds is 4. The summed E-state index contributed by atoms with van der Waals surface area (Å²) in [5.41, 5.74) is 4.08. The summed E-state index contributed by atoms with van der Waals surface area (Å²) >= 11 is 5.64. The number of hydrogen-bond acceptors (Lipinski definition) is 9. The summed E-state index contributed by atoms with van der Waals surface area (Å²) < 4.78 is 46.8. The van der Waals surface area contributed by atoms with Crippen LogP contribution in [-0.4, -0.2) is 65.9 Å². The monoisotopic (exact) mass is 619 g/mol. The molecule has 222 valence electrons. The fourth-order valence-electron chi connectivity index (χ4n) is 5.04. The minimum absolute atomic E-state index is 0.0278. The van der Waals surface area contributed by atoms with Gasteiger partial charge in [-0.2, -0.15) is 8.42 Å². The summed E-state index contributed by atoms with van der Waals surface area (Å²) in [6.45, 7) is 5.76. The van der Waals surface area contributed by atoms with Gasteiger partial charge in [-0.05, 0) is 60.6 Å². The molecule has 0 bridgehead atoms. The van der Waals surface area contributed by atoms with Gasteiger partial charge in [-0.25, -0.2) is 9.97 Å². The van der Waals surface area contributed by atoms with Crippen LogP contribution in [0.3, 0.4) is 0 Å². The maximum absolute atomic E-state index is 10.6. The second kappa shape index (κ2) is 12.0. The number of fused-ring (bicyclic) bond motifs is 4. The Balaban J connectivity index is 0.000000254. The Morgan fingerprint density at radius 3 is 2.49 bits per heavy atom. The summed E-state index contributed by atoms with van der Waals surface area (Å²) in [6, 6.07) is 20.2. The molecule has 43 heavy (non-hydrogen) atoms. The third-order valence-electron chi connectivity index (χ3n) is 7.26. The number of para-hydroxylation sites is 1. The van der Waals surface area contributed by atoms with E-state index in [1.807, 2.05) is 42.5 Å². The van der Waals surface area contributed by atoms with Gasteiger partial charge in [0.05, 0.1) is 4.90 Å². The smallest absolute Gasteiger partial charge is 0.294 e. The quantitative estimate of drug-likeness (QED) is 0.216. The van der Waals surface area contributed by atoms with Crippen molar-refractivity contribution in [3.05, 3.63) is 84.2 Å². The van der Waals surface area contributed by atoms with Crippen molar-refractivity contribution in [1.82, 2.24) is 20.2 Å². The second-order valence-electron chi connectivity index (χ2n) is 10.0. The summed E-state index contributed by atoms with van der Waals surface area (Å²) in [7, 11) is -4.03. The van der Waals surface area contributed by atoms with Gasteiger partial charge >= 0.3 is 0 Å². The molecule has 0 atom stereocenters. The normalized spacial score (nSPS) is 14.5. The zero-order valence-corrected chi connectivity index (χ0v) is 24.9. The summed E-state index contributed by atoms with van der Waals surface area (Å²) in [5, 5.41) is 5.12. The highest BCUT2D eigenvalue weighted by atomic mass is 32.2. The molecule has 2 aliphatic rings. The molecule has 2 aliphatic heterocycles. The minimum Gasteiger partial charge on any atom is -0.454 e. The first-order valence-electron chi connectivity index (χ1n) is 13.6. The number of aromatic nitrogens is 2. The molecular formula is C30H29N5O6S2. The van der Waals surface area contributed by atoms with Crippen molar-refractivity contribution in [2.24, 2.45) is 0 Å². The average molecular weight is 620 g/mol. The number of piperazine rings is 1. The fourth-order valence-corrected chi connectivity index (χ4v) is 6.02. The first-order chi connectivity index (χ1) is 20.8. The number of furan rings is 1. The molecule has 2 aromatic heterocycles. The summed E-state index contributed by atoms with van der Waals surface area (Å²) in [4.78, 5) is 13.4. The molecule has 0 saturated carbocycles. The molecule has 5 aromatic rings. The van der Waals surface area contributed by atoms with Crippen molar-refractivity contribution < 1.29 is 26.9 Å². The topological polar surface area (TPSA) is 130 Å². The van der Waals surface area contributed by atoms with Gasteiger partial charge in [0.1, 0.15) is 17.4 Å². The Kier molecular flexibility index (Phi) is 8.02. The predicted molar refractivity (Wildman–Crippen MR) is 166 cm³/mol. The molecule has 4 heterocycles. The van der Waals surface area contributed by atoms with Gasteiger partial charge in [0.25, 0.3) is 10.1 Å². The minimum atomic E-state index is -4.03. The van der Waals surface area contributed by atoms with E-state index in [1.165, 1.54) is 6.07 Å². The summed E-state index contributed by atoms with van der Waals surface area (Å²) in [5.74, 6) is 2.41. The largest absolute Gasteiger partial charge is 0.454 e. The second-order valence-corrected chi connectivity index (χ2v) is 11.8. The van der Waals surface area contributed by atoms with Crippen LogP contribution in [0.25, 0.3) is 22.1 Å². The van der Waals surface area contributed by atoms with Crippen LogP contribution in [0.5, 0.6) is 11.5 Å². The molecule has 0 spiro atoms. The van der Waals surface area contributed by atoms with Crippen LogP contribution in [-0.2, 0) is 16.7 Å². The molecule has 0 aliphatic carbocycles. The van der Waals surface area contributed by atoms with Crippen molar-refractivity contribution in [3.8, 4) is 11.5 Å². The van der Waals surface area contributed by atoms with Gasteiger partial charge in [0.15, 0.2) is 28.0 Å². The van der Waals surface area contributed by atoms with E-state index >= 15 is 0 Å². The number of nitrogens with zero attached hydrogens (tertiary/aromatic N) is 4. The van der Waals surface area contributed by atoms with E-state index < -0.39 is 10.1 Å². The van der Waals surface area contributed by atoms with E-state index in [0.717, 1.165) is 76.2 Å². The lowest BCUT2D eigenvalue weighted by atomic mass is 10.2. The van der Waals surface area contributed by atoms with Crippen molar-refractivity contribution in [1.29, 1.82) is 0 Å². The van der Waals surface area contributed by atoms with E-state index in [1.54, 1.807) is 31.5 Å². The van der Waals surface area contributed by atoms with Gasteiger partial charge in [0.2, 0.25) is 6.79 Å². The molecule has 0 radical (unpaired) electrons. The van der Waals surface area contributed by atoms with E-state index in [2.05, 4.69) is 25.1 Å². The van der Waals surface area contributed by atoms with Gasteiger partial charge in [0, 0.05) is 38.1 Å². The zero-order chi connectivity index (χ0) is 30.0. The molecule has 0 amide bonds. The van der Waals surface area contributed by atoms with E-state index in [-0.39, 0.29) is 11.7 Å². The van der Waals surface area contributed by atoms with E-state index in [9.17, 15) is 8.42 Å². The van der Waals surface area contributed by atoms with Gasteiger partial charge in [-0.1, -0.05) is 36.4 Å². The maximum Gasteiger partial charge on any atom is 0.294 e. The third-order valence-corrected chi connectivity index (χ3v) is 8.67. The molecule has 0 unspecified atom stereocenters. The van der Waals surface area contributed by atoms with Crippen molar-refractivity contribution in [2.75, 3.05) is 37.9 Å². The van der Waals surface area contributed by atoms with Crippen molar-refractivity contribution >= 4 is 55.3 Å². The molecule has 2 N–H and O–H groups in total. The third kappa shape index (κ3) is 6.19. The highest BCUT2D eigenvalue weighted by molar-refractivity contribution is 7.85. The van der Waals surface area contributed by atoms with Crippen molar-refractivity contribution in [2.45, 2.75) is 18.4 Å². The number of anilines is 1. The molecule has 7 rings (SSSR count). The van der Waals surface area contributed by atoms with E-state index in [4.69, 9.17) is 30.7 Å². The summed E-state index contributed by atoms with van der Waals surface area (Å²) in [6.07, 6.45) is 1.61. The van der Waals surface area contributed by atoms with Crippen LogP contribution in [0, 0.1) is 6.92 Å². The number of thiocarbonyl (C=S) groups is 1. The predicted octanol–water partition coefficient (Wildman–Crippen LogP) is 4.54. The Morgan fingerprint density at radius 2 is 1.72 bits per heavy atom. The van der Waals surface area contributed by atoms with Crippen LogP contribution >= 0.6 is 12.2 Å². The SMILES string of the molecule is Cc1ccccc1S(=O)(=O)O.S=C(NCc1ccc2c(c1)OCO2)N1CCN(c2ncnc3c2oc2ccccc23)CC1.